The van der Waals surface area contributed by atoms with E-state index >= 15 is 0 Å². The number of rotatable bonds is 4. The average molecular weight is 262 g/mol. The third kappa shape index (κ3) is 3.09. The minimum atomic E-state index is -0.316. The molecule has 2 aromatic rings. The van der Waals surface area contributed by atoms with E-state index < -0.39 is 0 Å². The number of benzene rings is 2. The van der Waals surface area contributed by atoms with Crippen LogP contribution in [-0.4, -0.2) is 7.05 Å². The van der Waals surface area contributed by atoms with Crippen molar-refractivity contribution in [2.24, 2.45) is 5.73 Å². The molecule has 0 aliphatic rings. The van der Waals surface area contributed by atoms with Crippen LogP contribution in [0.2, 0.25) is 0 Å². The molecule has 2 N–H and O–H groups in total. The Morgan fingerprint density at radius 2 is 1.79 bits per heavy atom. The summed E-state index contributed by atoms with van der Waals surface area (Å²) in [4.78, 5) is 1.86. The number of nitrogens with zero attached hydrogens (tertiary/aromatic N) is 1. The van der Waals surface area contributed by atoms with Gasteiger partial charge in [-0.05, 0) is 29.8 Å². The Kier molecular flexibility index (Phi) is 4.12. The largest absolute Gasteiger partial charge is 0.370 e. The summed E-state index contributed by atoms with van der Waals surface area (Å²) in [6.45, 7) is 0.653. The van der Waals surface area contributed by atoms with Gasteiger partial charge in [-0.15, -0.1) is 0 Å². The van der Waals surface area contributed by atoms with E-state index in [1.54, 1.807) is 24.3 Å². The molecule has 0 atom stereocenters. The summed E-state index contributed by atoms with van der Waals surface area (Å²) in [5, 5.41) is 0. The van der Waals surface area contributed by atoms with E-state index in [1.165, 1.54) is 18.2 Å². The van der Waals surface area contributed by atoms with Crippen LogP contribution in [-0.2, 0) is 13.1 Å². The van der Waals surface area contributed by atoms with Crippen LogP contribution in [0.1, 0.15) is 11.1 Å². The molecule has 19 heavy (non-hydrogen) atoms. The lowest BCUT2D eigenvalue weighted by Gasteiger charge is -2.22. The van der Waals surface area contributed by atoms with Gasteiger partial charge in [0.25, 0.3) is 0 Å². The fourth-order valence-corrected chi connectivity index (χ4v) is 2.06. The maximum absolute atomic E-state index is 13.6. The summed E-state index contributed by atoms with van der Waals surface area (Å²) < 4.78 is 26.8. The van der Waals surface area contributed by atoms with E-state index in [0.29, 0.717) is 17.7 Å². The maximum Gasteiger partial charge on any atom is 0.128 e. The molecule has 0 fully saturated rings. The minimum absolute atomic E-state index is 0.245. The van der Waals surface area contributed by atoms with Gasteiger partial charge in [0.2, 0.25) is 0 Å². The topological polar surface area (TPSA) is 29.3 Å². The number of halogens is 2. The van der Waals surface area contributed by atoms with Crippen molar-refractivity contribution in [1.82, 2.24) is 0 Å². The summed E-state index contributed by atoms with van der Waals surface area (Å²) in [6.07, 6.45) is 0. The molecule has 0 bridgehead atoms. The minimum Gasteiger partial charge on any atom is -0.370 e. The quantitative estimate of drug-likeness (QED) is 0.917. The lowest BCUT2D eigenvalue weighted by Crippen LogP contribution is -2.19. The van der Waals surface area contributed by atoms with Crippen molar-refractivity contribution in [3.8, 4) is 0 Å². The van der Waals surface area contributed by atoms with Crippen LogP contribution < -0.4 is 10.6 Å². The zero-order valence-corrected chi connectivity index (χ0v) is 10.7. The van der Waals surface area contributed by atoms with Gasteiger partial charge < -0.3 is 10.6 Å². The third-order valence-corrected chi connectivity index (χ3v) is 3.04. The molecule has 0 saturated carbocycles. The molecule has 100 valence electrons. The molecule has 0 aliphatic carbocycles. The van der Waals surface area contributed by atoms with Crippen molar-refractivity contribution in [3.05, 3.63) is 65.2 Å². The van der Waals surface area contributed by atoms with Gasteiger partial charge in [0.05, 0.1) is 0 Å². The zero-order chi connectivity index (χ0) is 13.8. The molecule has 0 aliphatic heterocycles. The van der Waals surface area contributed by atoms with E-state index in [4.69, 9.17) is 5.73 Å². The second-order valence-corrected chi connectivity index (χ2v) is 4.42. The normalized spacial score (nSPS) is 10.5. The molecule has 0 radical (unpaired) electrons. The predicted octanol–water partition coefficient (Wildman–Crippen LogP) is 3.06. The van der Waals surface area contributed by atoms with Crippen LogP contribution in [0, 0.1) is 11.6 Å². The molecule has 0 spiro atoms. The lowest BCUT2D eigenvalue weighted by molar-refractivity contribution is 0.607. The zero-order valence-electron chi connectivity index (χ0n) is 10.7. The van der Waals surface area contributed by atoms with Crippen molar-refractivity contribution in [2.45, 2.75) is 13.1 Å². The Morgan fingerprint density at radius 1 is 1.05 bits per heavy atom. The lowest BCUT2D eigenvalue weighted by atomic mass is 10.1. The van der Waals surface area contributed by atoms with Gasteiger partial charge >= 0.3 is 0 Å². The molecule has 2 nitrogen and oxygen atoms in total. The Bertz CT molecular complexity index is 570. The van der Waals surface area contributed by atoms with Gasteiger partial charge in [-0.1, -0.05) is 18.2 Å². The van der Waals surface area contributed by atoms with Gasteiger partial charge in [0, 0.05) is 31.4 Å². The smallest absolute Gasteiger partial charge is 0.128 e. The fourth-order valence-electron chi connectivity index (χ4n) is 2.06. The van der Waals surface area contributed by atoms with Crippen LogP contribution in [0.4, 0.5) is 14.5 Å². The Balaban J connectivity index is 2.25. The number of hydrogen-bond acceptors (Lipinski definition) is 2. The van der Waals surface area contributed by atoms with Crippen molar-refractivity contribution in [2.75, 3.05) is 11.9 Å². The van der Waals surface area contributed by atoms with E-state index in [-0.39, 0.29) is 18.2 Å². The SMILES string of the molecule is CN(Cc1ccccc1F)c1ccc(F)cc1CN. The van der Waals surface area contributed by atoms with Gasteiger partial charge in [-0.25, -0.2) is 8.78 Å². The highest BCUT2D eigenvalue weighted by Crippen LogP contribution is 2.22. The molecular weight excluding hydrogens is 246 g/mol. The number of nitrogens with two attached hydrogens (primary N) is 1. The summed E-state index contributed by atoms with van der Waals surface area (Å²) in [5.74, 6) is -0.561. The third-order valence-electron chi connectivity index (χ3n) is 3.04. The van der Waals surface area contributed by atoms with Crippen molar-refractivity contribution in [1.29, 1.82) is 0 Å². The Morgan fingerprint density at radius 3 is 2.47 bits per heavy atom. The van der Waals surface area contributed by atoms with Crippen LogP contribution in [0.5, 0.6) is 0 Å². The molecular formula is C15H16F2N2. The first-order valence-corrected chi connectivity index (χ1v) is 6.05. The molecule has 0 amide bonds. The molecule has 0 unspecified atom stereocenters. The highest BCUT2D eigenvalue weighted by atomic mass is 19.1. The van der Waals surface area contributed by atoms with E-state index in [1.807, 2.05) is 11.9 Å². The summed E-state index contributed by atoms with van der Waals surface area (Å²) in [6, 6.07) is 11.1. The van der Waals surface area contributed by atoms with E-state index in [9.17, 15) is 8.78 Å². The van der Waals surface area contributed by atoms with Gasteiger partial charge in [-0.2, -0.15) is 0 Å². The fraction of sp³-hybridized carbons (Fsp3) is 0.200. The second kappa shape index (κ2) is 5.80. The second-order valence-electron chi connectivity index (χ2n) is 4.42. The van der Waals surface area contributed by atoms with Crippen molar-refractivity contribution >= 4 is 5.69 Å². The highest BCUT2D eigenvalue weighted by Gasteiger charge is 2.10. The van der Waals surface area contributed by atoms with Crippen LogP contribution >= 0.6 is 0 Å². The molecule has 0 heterocycles. The molecule has 0 aromatic heterocycles. The average Bonchev–Trinajstić information content (AvgIpc) is 2.41. The van der Waals surface area contributed by atoms with Crippen molar-refractivity contribution < 1.29 is 8.78 Å². The van der Waals surface area contributed by atoms with Gasteiger partial charge in [0.1, 0.15) is 11.6 Å². The Hall–Kier alpha value is -1.94. The first-order valence-electron chi connectivity index (χ1n) is 6.05. The van der Waals surface area contributed by atoms with Gasteiger partial charge in [0.15, 0.2) is 0 Å². The standard InChI is InChI=1S/C15H16F2N2/c1-19(10-11-4-2-3-5-14(11)17)15-7-6-13(16)8-12(15)9-18/h2-8H,9-10,18H2,1H3. The van der Waals surface area contributed by atoms with Crippen LogP contribution in [0.15, 0.2) is 42.5 Å². The monoisotopic (exact) mass is 262 g/mol. The summed E-state index contributed by atoms with van der Waals surface area (Å²) in [7, 11) is 1.83. The maximum atomic E-state index is 13.6. The van der Waals surface area contributed by atoms with Crippen molar-refractivity contribution in [3.63, 3.8) is 0 Å². The summed E-state index contributed by atoms with van der Waals surface area (Å²) >= 11 is 0. The molecule has 0 saturated heterocycles. The first-order chi connectivity index (χ1) is 9.11. The number of hydrogen-bond donors (Lipinski definition) is 1. The number of anilines is 1. The van der Waals surface area contributed by atoms with Gasteiger partial charge in [-0.3, -0.25) is 0 Å². The predicted molar refractivity (Wildman–Crippen MR) is 72.8 cm³/mol. The van der Waals surface area contributed by atoms with Crippen LogP contribution in [0.3, 0.4) is 0 Å². The van der Waals surface area contributed by atoms with Crippen LogP contribution in [0.25, 0.3) is 0 Å². The molecule has 2 aromatic carbocycles. The van der Waals surface area contributed by atoms with E-state index in [2.05, 4.69) is 0 Å². The molecule has 2 rings (SSSR count). The Labute approximate surface area is 111 Å². The summed E-state index contributed by atoms with van der Waals surface area (Å²) in [5.41, 5.74) is 7.73. The first kappa shape index (κ1) is 13.5. The molecule has 4 heteroatoms. The van der Waals surface area contributed by atoms with E-state index in [0.717, 1.165) is 5.69 Å². The highest BCUT2D eigenvalue weighted by molar-refractivity contribution is 5.53.